The molecule has 0 saturated carbocycles. The van der Waals surface area contributed by atoms with Crippen molar-refractivity contribution < 1.29 is 4.74 Å². The predicted octanol–water partition coefficient (Wildman–Crippen LogP) is 2.57. The first-order valence-electron chi connectivity index (χ1n) is 8.74. The van der Waals surface area contributed by atoms with E-state index in [0.29, 0.717) is 5.92 Å². The Balaban J connectivity index is 1.27. The van der Waals surface area contributed by atoms with E-state index in [1.165, 1.54) is 12.0 Å². The number of anilines is 1. The number of rotatable bonds is 6. The van der Waals surface area contributed by atoms with Gasteiger partial charge in [-0.2, -0.15) is 0 Å². The first kappa shape index (κ1) is 15.5. The minimum Gasteiger partial charge on any atom is -0.372 e. The molecule has 0 aliphatic carbocycles. The number of hydrogen-bond donors (Lipinski definition) is 1. The van der Waals surface area contributed by atoms with Crippen LogP contribution in [0.1, 0.15) is 18.4 Å². The summed E-state index contributed by atoms with van der Waals surface area (Å²) >= 11 is 0. The van der Waals surface area contributed by atoms with Crippen molar-refractivity contribution in [3.05, 3.63) is 54.5 Å². The van der Waals surface area contributed by atoms with E-state index in [9.17, 15) is 0 Å². The van der Waals surface area contributed by atoms with Crippen molar-refractivity contribution in [2.24, 2.45) is 5.92 Å². The maximum atomic E-state index is 6.16. The summed E-state index contributed by atoms with van der Waals surface area (Å²) in [6, 6.07) is 10.2. The third kappa shape index (κ3) is 3.28. The lowest BCUT2D eigenvalue weighted by molar-refractivity contribution is -0.136. The lowest BCUT2D eigenvalue weighted by Gasteiger charge is -2.50. The summed E-state index contributed by atoms with van der Waals surface area (Å²) in [7, 11) is 0. The summed E-state index contributed by atoms with van der Waals surface area (Å²) in [5, 5.41) is 3.42. The van der Waals surface area contributed by atoms with Crippen LogP contribution in [0.3, 0.4) is 0 Å². The summed E-state index contributed by atoms with van der Waals surface area (Å²) in [4.78, 5) is 10.9. The van der Waals surface area contributed by atoms with Gasteiger partial charge in [-0.25, -0.2) is 4.98 Å². The number of ether oxygens (including phenoxy) is 1. The van der Waals surface area contributed by atoms with Gasteiger partial charge in [-0.05, 0) is 48.6 Å². The molecule has 0 amide bonds. The fourth-order valence-electron chi connectivity index (χ4n) is 3.95. The molecule has 2 aliphatic heterocycles. The zero-order chi connectivity index (χ0) is 16.2. The predicted molar refractivity (Wildman–Crippen MR) is 93.6 cm³/mol. The highest BCUT2D eigenvalue weighted by atomic mass is 16.5. The molecule has 4 rings (SSSR count). The van der Waals surface area contributed by atoms with Gasteiger partial charge in [0.15, 0.2) is 0 Å². The van der Waals surface area contributed by atoms with E-state index in [1.807, 2.05) is 36.8 Å². The number of aromatic nitrogens is 2. The molecule has 2 fully saturated rings. The number of nitrogens with one attached hydrogen (secondary N) is 1. The third-order valence-electron chi connectivity index (χ3n) is 5.20. The van der Waals surface area contributed by atoms with E-state index < -0.39 is 0 Å². The molecular formula is C19H24N4O. The van der Waals surface area contributed by atoms with Crippen molar-refractivity contribution in [1.29, 1.82) is 0 Å². The number of nitrogens with zero attached hydrogens (tertiary/aromatic N) is 3. The third-order valence-corrected chi connectivity index (χ3v) is 5.20. The normalized spacial score (nSPS) is 22.4. The highest BCUT2D eigenvalue weighted by Crippen LogP contribution is 2.42. The fraction of sp³-hybridized carbons (Fsp3) is 0.474. The SMILES string of the molecule is c1ccc(NCCC2CCOC23CN(Cc2ccncc2)C3)nc1. The second kappa shape index (κ2) is 6.87. The van der Waals surface area contributed by atoms with Crippen LogP contribution < -0.4 is 5.32 Å². The molecule has 2 saturated heterocycles. The van der Waals surface area contributed by atoms with Crippen LogP contribution in [0.15, 0.2) is 48.9 Å². The van der Waals surface area contributed by atoms with Crippen LogP contribution in [-0.2, 0) is 11.3 Å². The highest BCUT2D eigenvalue weighted by Gasteiger charge is 2.52. The number of hydrogen-bond acceptors (Lipinski definition) is 5. The number of likely N-dealkylation sites (tertiary alicyclic amines) is 1. The molecule has 4 heterocycles. The summed E-state index contributed by atoms with van der Waals surface area (Å²) in [6.45, 7) is 4.94. The van der Waals surface area contributed by atoms with Crippen molar-refractivity contribution >= 4 is 5.82 Å². The Kier molecular flexibility index (Phi) is 4.45. The zero-order valence-corrected chi connectivity index (χ0v) is 13.9. The Morgan fingerprint density at radius 3 is 2.83 bits per heavy atom. The molecule has 2 aliphatic rings. The summed E-state index contributed by atoms with van der Waals surface area (Å²) in [5.74, 6) is 1.60. The van der Waals surface area contributed by atoms with E-state index in [-0.39, 0.29) is 5.60 Å². The summed E-state index contributed by atoms with van der Waals surface area (Å²) in [5.41, 5.74) is 1.41. The second-order valence-corrected chi connectivity index (χ2v) is 6.83. The molecule has 5 heteroatoms. The molecule has 2 aromatic heterocycles. The minimum absolute atomic E-state index is 0.0822. The zero-order valence-electron chi connectivity index (χ0n) is 13.9. The van der Waals surface area contributed by atoms with Gasteiger partial charge in [0, 0.05) is 51.4 Å². The number of pyridine rings is 2. The summed E-state index contributed by atoms with van der Waals surface area (Å²) < 4.78 is 6.16. The lowest BCUT2D eigenvalue weighted by Crippen LogP contribution is -2.64. The average Bonchev–Trinajstić information content (AvgIpc) is 3.00. The Morgan fingerprint density at radius 2 is 2.04 bits per heavy atom. The van der Waals surface area contributed by atoms with E-state index in [2.05, 4.69) is 32.3 Å². The van der Waals surface area contributed by atoms with Crippen molar-refractivity contribution in [3.8, 4) is 0 Å². The maximum absolute atomic E-state index is 6.16. The fourth-order valence-corrected chi connectivity index (χ4v) is 3.95. The molecule has 0 radical (unpaired) electrons. The molecular weight excluding hydrogens is 300 g/mol. The van der Waals surface area contributed by atoms with Gasteiger partial charge in [0.1, 0.15) is 5.82 Å². The summed E-state index contributed by atoms with van der Waals surface area (Å²) in [6.07, 6.45) is 7.87. The van der Waals surface area contributed by atoms with Crippen molar-refractivity contribution in [2.75, 3.05) is 31.6 Å². The maximum Gasteiger partial charge on any atom is 0.125 e. The largest absolute Gasteiger partial charge is 0.372 e. The Bertz CT molecular complexity index is 643. The van der Waals surface area contributed by atoms with Gasteiger partial charge >= 0.3 is 0 Å². The molecule has 2 aromatic rings. The van der Waals surface area contributed by atoms with E-state index in [0.717, 1.165) is 45.0 Å². The van der Waals surface area contributed by atoms with E-state index >= 15 is 0 Å². The smallest absolute Gasteiger partial charge is 0.125 e. The monoisotopic (exact) mass is 324 g/mol. The van der Waals surface area contributed by atoms with E-state index in [1.54, 1.807) is 0 Å². The molecule has 126 valence electrons. The van der Waals surface area contributed by atoms with Crippen LogP contribution in [0, 0.1) is 5.92 Å². The Labute approximate surface area is 143 Å². The topological polar surface area (TPSA) is 50.3 Å². The quantitative estimate of drug-likeness (QED) is 0.885. The second-order valence-electron chi connectivity index (χ2n) is 6.83. The van der Waals surface area contributed by atoms with Gasteiger partial charge < -0.3 is 10.1 Å². The molecule has 1 N–H and O–H groups in total. The molecule has 5 nitrogen and oxygen atoms in total. The van der Waals surface area contributed by atoms with Crippen LogP contribution in [0.2, 0.25) is 0 Å². The molecule has 24 heavy (non-hydrogen) atoms. The van der Waals surface area contributed by atoms with Crippen molar-refractivity contribution in [3.63, 3.8) is 0 Å². The highest BCUT2D eigenvalue weighted by molar-refractivity contribution is 5.32. The molecule has 1 spiro atoms. The van der Waals surface area contributed by atoms with Gasteiger partial charge in [0.25, 0.3) is 0 Å². The first-order valence-corrected chi connectivity index (χ1v) is 8.74. The Hall–Kier alpha value is -1.98. The average molecular weight is 324 g/mol. The molecule has 0 aromatic carbocycles. The van der Waals surface area contributed by atoms with Crippen LogP contribution in [0.4, 0.5) is 5.82 Å². The van der Waals surface area contributed by atoms with Gasteiger partial charge in [0.05, 0.1) is 5.60 Å². The lowest BCUT2D eigenvalue weighted by atomic mass is 9.79. The van der Waals surface area contributed by atoms with E-state index in [4.69, 9.17) is 4.74 Å². The molecule has 1 atom stereocenters. The van der Waals surface area contributed by atoms with Gasteiger partial charge in [-0.3, -0.25) is 9.88 Å². The molecule has 1 unspecified atom stereocenters. The van der Waals surface area contributed by atoms with Gasteiger partial charge in [-0.1, -0.05) is 6.07 Å². The van der Waals surface area contributed by atoms with Crippen LogP contribution in [-0.4, -0.2) is 46.7 Å². The van der Waals surface area contributed by atoms with Gasteiger partial charge in [-0.15, -0.1) is 0 Å². The van der Waals surface area contributed by atoms with Gasteiger partial charge in [0.2, 0.25) is 0 Å². The first-order chi connectivity index (χ1) is 11.8. The van der Waals surface area contributed by atoms with Crippen molar-refractivity contribution in [2.45, 2.75) is 25.0 Å². The standard InChI is InChI=1S/C19H24N4O/c1-2-8-21-18(3-1)22-11-6-17-7-12-24-19(17)14-23(15-19)13-16-4-9-20-10-5-16/h1-5,8-10,17H,6-7,11-15H2,(H,21,22). The Morgan fingerprint density at radius 1 is 1.17 bits per heavy atom. The van der Waals surface area contributed by atoms with Crippen LogP contribution in [0.5, 0.6) is 0 Å². The molecule has 0 bridgehead atoms. The minimum atomic E-state index is 0.0822. The van der Waals surface area contributed by atoms with Crippen LogP contribution >= 0.6 is 0 Å². The van der Waals surface area contributed by atoms with Crippen molar-refractivity contribution in [1.82, 2.24) is 14.9 Å². The van der Waals surface area contributed by atoms with Crippen LogP contribution in [0.25, 0.3) is 0 Å².